The van der Waals surface area contributed by atoms with Crippen LogP contribution in [0.15, 0.2) is 51.5 Å². The number of ether oxygens (including phenoxy) is 3. The van der Waals surface area contributed by atoms with Crippen LogP contribution in [0.5, 0.6) is 17.4 Å². The Morgan fingerprint density at radius 1 is 1.00 bits per heavy atom. The van der Waals surface area contributed by atoms with Crippen LogP contribution in [0, 0.1) is 0 Å². The fourth-order valence-corrected chi connectivity index (χ4v) is 3.22. The van der Waals surface area contributed by atoms with Gasteiger partial charge in [0.05, 0.1) is 25.1 Å². The average molecular weight is 477 g/mol. The van der Waals surface area contributed by atoms with Crippen LogP contribution in [0.1, 0.15) is 5.76 Å². The SMILES string of the molecule is COc1cc2nc(Cl)nc(OCc3cc(-c4ccc(Br)cc4)no3)c2cc1OC. The zero-order valence-corrected chi connectivity index (χ0v) is 17.8. The van der Waals surface area contributed by atoms with Crippen molar-refractivity contribution < 1.29 is 18.7 Å². The monoisotopic (exact) mass is 475 g/mol. The summed E-state index contributed by atoms with van der Waals surface area (Å²) in [6.45, 7) is 0.125. The van der Waals surface area contributed by atoms with Gasteiger partial charge in [0.15, 0.2) is 23.9 Å². The van der Waals surface area contributed by atoms with E-state index in [4.69, 9.17) is 30.3 Å². The van der Waals surface area contributed by atoms with Crippen LogP contribution >= 0.6 is 27.5 Å². The van der Waals surface area contributed by atoms with Crippen LogP contribution < -0.4 is 14.2 Å². The van der Waals surface area contributed by atoms with Gasteiger partial charge in [-0.25, -0.2) is 4.98 Å². The molecule has 0 saturated heterocycles. The zero-order valence-electron chi connectivity index (χ0n) is 15.5. The van der Waals surface area contributed by atoms with Crippen LogP contribution in [-0.4, -0.2) is 29.3 Å². The fourth-order valence-electron chi connectivity index (χ4n) is 2.79. The highest BCUT2D eigenvalue weighted by Crippen LogP contribution is 2.35. The van der Waals surface area contributed by atoms with E-state index in [1.807, 2.05) is 30.3 Å². The molecule has 0 saturated carbocycles. The fraction of sp³-hybridized carbons (Fsp3) is 0.150. The topological polar surface area (TPSA) is 79.5 Å². The number of nitrogens with zero attached hydrogens (tertiary/aromatic N) is 3. The molecule has 4 rings (SSSR count). The van der Waals surface area contributed by atoms with Gasteiger partial charge < -0.3 is 18.7 Å². The zero-order chi connectivity index (χ0) is 20.4. The highest BCUT2D eigenvalue weighted by molar-refractivity contribution is 9.10. The first-order chi connectivity index (χ1) is 14.1. The first-order valence-electron chi connectivity index (χ1n) is 8.51. The van der Waals surface area contributed by atoms with Crippen molar-refractivity contribution in [3.63, 3.8) is 0 Å². The molecule has 0 bridgehead atoms. The molecule has 0 N–H and O–H groups in total. The van der Waals surface area contributed by atoms with E-state index in [0.717, 1.165) is 10.0 Å². The third kappa shape index (κ3) is 4.13. The molecule has 0 aliphatic rings. The third-order valence-corrected chi connectivity index (χ3v) is 4.89. The van der Waals surface area contributed by atoms with E-state index in [-0.39, 0.29) is 11.9 Å². The molecule has 2 heterocycles. The van der Waals surface area contributed by atoms with Gasteiger partial charge in [-0.1, -0.05) is 33.2 Å². The molecule has 0 fully saturated rings. The van der Waals surface area contributed by atoms with Gasteiger partial charge in [0.2, 0.25) is 11.2 Å². The van der Waals surface area contributed by atoms with Crippen LogP contribution in [0.4, 0.5) is 0 Å². The van der Waals surface area contributed by atoms with E-state index in [9.17, 15) is 0 Å². The number of hydrogen-bond donors (Lipinski definition) is 0. The maximum absolute atomic E-state index is 6.06. The van der Waals surface area contributed by atoms with Gasteiger partial charge >= 0.3 is 0 Å². The Morgan fingerprint density at radius 3 is 2.45 bits per heavy atom. The lowest BCUT2D eigenvalue weighted by atomic mass is 10.1. The van der Waals surface area contributed by atoms with Crippen molar-refractivity contribution in [2.45, 2.75) is 6.61 Å². The Labute approximate surface area is 179 Å². The minimum absolute atomic E-state index is 0.0628. The Balaban J connectivity index is 1.60. The molecule has 2 aromatic carbocycles. The van der Waals surface area contributed by atoms with E-state index in [1.54, 1.807) is 26.4 Å². The molecule has 29 heavy (non-hydrogen) atoms. The number of benzene rings is 2. The minimum Gasteiger partial charge on any atom is -0.493 e. The summed E-state index contributed by atoms with van der Waals surface area (Å²) in [6.07, 6.45) is 0. The number of fused-ring (bicyclic) bond motifs is 1. The molecular weight excluding hydrogens is 462 g/mol. The smallest absolute Gasteiger partial charge is 0.226 e. The summed E-state index contributed by atoms with van der Waals surface area (Å²) in [4.78, 5) is 8.42. The first kappa shape index (κ1) is 19.5. The van der Waals surface area contributed by atoms with Crippen LogP contribution in [-0.2, 0) is 6.61 Å². The first-order valence-corrected chi connectivity index (χ1v) is 9.68. The second kappa shape index (κ2) is 8.26. The lowest BCUT2D eigenvalue weighted by molar-refractivity contribution is 0.244. The molecule has 0 aliphatic heterocycles. The van der Waals surface area contributed by atoms with Gasteiger partial charge in [0.1, 0.15) is 5.69 Å². The molecule has 2 aromatic heterocycles. The summed E-state index contributed by atoms with van der Waals surface area (Å²) in [7, 11) is 3.11. The van der Waals surface area contributed by atoms with Crippen molar-refractivity contribution in [1.29, 1.82) is 0 Å². The molecule has 0 amide bonds. The number of methoxy groups -OCH3 is 2. The number of halogens is 2. The Morgan fingerprint density at radius 2 is 1.72 bits per heavy atom. The van der Waals surface area contributed by atoms with Crippen molar-refractivity contribution in [3.05, 3.63) is 58.0 Å². The maximum Gasteiger partial charge on any atom is 0.226 e. The van der Waals surface area contributed by atoms with Gasteiger partial charge in [-0.2, -0.15) is 4.98 Å². The molecule has 0 radical (unpaired) electrons. The normalized spacial score (nSPS) is 10.9. The highest BCUT2D eigenvalue weighted by atomic mass is 79.9. The van der Waals surface area contributed by atoms with Crippen molar-refractivity contribution in [2.75, 3.05) is 14.2 Å². The van der Waals surface area contributed by atoms with Gasteiger partial charge in [0, 0.05) is 22.2 Å². The molecule has 148 valence electrons. The summed E-state index contributed by atoms with van der Waals surface area (Å²) in [5, 5.41) is 4.79. The molecular formula is C20H15BrClN3O4. The number of rotatable bonds is 6. The van der Waals surface area contributed by atoms with E-state index in [2.05, 4.69) is 31.1 Å². The van der Waals surface area contributed by atoms with Gasteiger partial charge in [-0.3, -0.25) is 0 Å². The highest BCUT2D eigenvalue weighted by Gasteiger charge is 2.15. The molecule has 0 atom stereocenters. The van der Waals surface area contributed by atoms with E-state index in [1.165, 1.54) is 0 Å². The summed E-state index contributed by atoms with van der Waals surface area (Å²) in [5.74, 6) is 1.93. The lowest BCUT2D eigenvalue weighted by Gasteiger charge is -2.11. The molecule has 0 aliphatic carbocycles. The van der Waals surface area contributed by atoms with Gasteiger partial charge in [-0.05, 0) is 29.8 Å². The van der Waals surface area contributed by atoms with Crippen LogP contribution in [0.25, 0.3) is 22.2 Å². The number of aromatic nitrogens is 3. The molecule has 4 aromatic rings. The molecule has 9 heteroatoms. The van der Waals surface area contributed by atoms with Crippen LogP contribution in [0.2, 0.25) is 5.28 Å². The Kier molecular flexibility index (Phi) is 5.55. The predicted octanol–water partition coefficient (Wildman–Crippen LogP) is 5.30. The number of hydrogen-bond acceptors (Lipinski definition) is 7. The average Bonchev–Trinajstić information content (AvgIpc) is 3.20. The summed E-state index contributed by atoms with van der Waals surface area (Å²) >= 11 is 9.47. The second-order valence-corrected chi connectivity index (χ2v) is 7.25. The predicted molar refractivity (Wildman–Crippen MR) is 112 cm³/mol. The van der Waals surface area contributed by atoms with Crippen molar-refractivity contribution >= 4 is 38.4 Å². The van der Waals surface area contributed by atoms with E-state index < -0.39 is 0 Å². The van der Waals surface area contributed by atoms with Crippen LogP contribution in [0.3, 0.4) is 0 Å². The van der Waals surface area contributed by atoms with E-state index in [0.29, 0.717) is 39.7 Å². The summed E-state index contributed by atoms with van der Waals surface area (Å²) in [6, 6.07) is 13.1. The van der Waals surface area contributed by atoms with Crippen molar-refractivity contribution in [3.8, 4) is 28.6 Å². The third-order valence-electron chi connectivity index (χ3n) is 4.19. The standard InChI is InChI=1S/C20H15BrClN3O4/c1-26-17-8-14-16(9-18(17)27-2)23-20(22)24-19(14)28-10-13-7-15(25-29-13)11-3-5-12(21)6-4-11/h3-9H,10H2,1-2H3. The summed E-state index contributed by atoms with van der Waals surface area (Å²) < 4.78 is 22.9. The maximum atomic E-state index is 6.06. The largest absolute Gasteiger partial charge is 0.493 e. The minimum atomic E-state index is 0.0628. The molecule has 0 spiro atoms. The van der Waals surface area contributed by atoms with Crippen molar-refractivity contribution in [1.82, 2.24) is 15.1 Å². The Bertz CT molecular complexity index is 1160. The summed E-state index contributed by atoms with van der Waals surface area (Å²) in [5.41, 5.74) is 2.23. The molecule has 7 nitrogen and oxygen atoms in total. The van der Waals surface area contributed by atoms with Gasteiger partial charge in [-0.15, -0.1) is 0 Å². The van der Waals surface area contributed by atoms with E-state index >= 15 is 0 Å². The Hall–Kier alpha value is -2.84. The van der Waals surface area contributed by atoms with Gasteiger partial charge in [0.25, 0.3) is 0 Å². The molecule has 0 unspecified atom stereocenters. The second-order valence-electron chi connectivity index (χ2n) is 6.00. The van der Waals surface area contributed by atoms with Crippen molar-refractivity contribution in [2.24, 2.45) is 0 Å². The quantitative estimate of drug-likeness (QED) is 0.349. The lowest BCUT2D eigenvalue weighted by Crippen LogP contribution is -2.00.